The number of ether oxygens (including phenoxy) is 1. The van der Waals surface area contributed by atoms with Crippen molar-refractivity contribution in [1.82, 2.24) is 10.2 Å². The second kappa shape index (κ2) is 9.11. The molecule has 0 aromatic heterocycles. The second-order valence-electron chi connectivity index (χ2n) is 6.93. The van der Waals surface area contributed by atoms with E-state index in [2.05, 4.69) is 4.72 Å². The largest absolute Gasteiger partial charge is 0.455 e. The van der Waals surface area contributed by atoms with Gasteiger partial charge in [0.25, 0.3) is 5.91 Å². The summed E-state index contributed by atoms with van der Waals surface area (Å²) in [6.45, 7) is 0. The summed E-state index contributed by atoms with van der Waals surface area (Å²) in [4.78, 5) is 13.7. The van der Waals surface area contributed by atoms with E-state index in [1.54, 1.807) is 11.5 Å². The first kappa shape index (κ1) is 21.4. The summed E-state index contributed by atoms with van der Waals surface area (Å²) in [6.07, 6.45) is 0.651. The number of benzene rings is 3. The van der Waals surface area contributed by atoms with Crippen LogP contribution in [0.15, 0.2) is 87.5 Å². The van der Waals surface area contributed by atoms with E-state index in [1.807, 2.05) is 54.6 Å². The normalized spacial score (nSPS) is 13.5. The molecule has 1 aliphatic heterocycles. The number of carbonyl (C=O) groups excluding carboxylic acids is 1. The minimum atomic E-state index is -4.02. The molecule has 1 aliphatic rings. The highest BCUT2D eigenvalue weighted by molar-refractivity contribution is 7.99. The molecule has 0 fully saturated rings. The van der Waals surface area contributed by atoms with E-state index in [0.717, 1.165) is 10.5 Å². The lowest BCUT2D eigenvalue weighted by atomic mass is 10.1. The maximum atomic E-state index is 13.0. The third-order valence-corrected chi connectivity index (χ3v) is 7.37. The second-order valence-corrected chi connectivity index (χ2v) is 9.73. The van der Waals surface area contributed by atoms with Crippen molar-refractivity contribution in [1.29, 1.82) is 0 Å². The standard InChI is InChI=1S/C22H20N2O5S2/c25-22(23-26)17(12-10-15-6-2-1-3-7-15)24-31(27,28)16-11-13-19-21(14-16)30-20-9-5-4-8-18(20)29-19/h1-9,11,13-14,17,24,26H,10,12H2,(H,23,25)/t17-/m0/s1. The fourth-order valence-electron chi connectivity index (χ4n) is 3.21. The van der Waals surface area contributed by atoms with Gasteiger partial charge in [-0.1, -0.05) is 54.2 Å². The average Bonchev–Trinajstić information content (AvgIpc) is 2.80. The minimum absolute atomic E-state index is 0.0113. The quantitative estimate of drug-likeness (QED) is 0.289. The van der Waals surface area contributed by atoms with Gasteiger partial charge in [0.15, 0.2) is 0 Å². The van der Waals surface area contributed by atoms with Gasteiger partial charge in [0.05, 0.1) is 14.7 Å². The summed E-state index contributed by atoms with van der Waals surface area (Å²) < 4.78 is 34.2. The molecule has 0 saturated carbocycles. The van der Waals surface area contributed by atoms with Crippen molar-refractivity contribution in [2.24, 2.45) is 0 Å². The molecule has 0 aliphatic carbocycles. The van der Waals surface area contributed by atoms with E-state index in [-0.39, 0.29) is 11.3 Å². The van der Waals surface area contributed by atoms with Crippen LogP contribution in [0.2, 0.25) is 0 Å². The van der Waals surface area contributed by atoms with Crippen molar-refractivity contribution in [3.05, 3.63) is 78.4 Å². The molecule has 31 heavy (non-hydrogen) atoms. The van der Waals surface area contributed by atoms with Crippen LogP contribution in [0, 0.1) is 0 Å². The lowest BCUT2D eigenvalue weighted by Gasteiger charge is -2.21. The van der Waals surface area contributed by atoms with Crippen LogP contribution in [0.25, 0.3) is 0 Å². The van der Waals surface area contributed by atoms with E-state index in [9.17, 15) is 13.2 Å². The highest BCUT2D eigenvalue weighted by Crippen LogP contribution is 2.47. The molecule has 3 aromatic rings. The third-order valence-electron chi connectivity index (χ3n) is 4.80. The van der Waals surface area contributed by atoms with Crippen molar-refractivity contribution in [2.45, 2.75) is 33.6 Å². The minimum Gasteiger partial charge on any atom is -0.455 e. The Bertz CT molecular complexity index is 1200. The summed E-state index contributed by atoms with van der Waals surface area (Å²) in [7, 11) is -4.02. The van der Waals surface area contributed by atoms with Gasteiger partial charge < -0.3 is 4.74 Å². The van der Waals surface area contributed by atoms with E-state index >= 15 is 0 Å². The maximum Gasteiger partial charge on any atom is 0.261 e. The number of aryl methyl sites for hydroxylation is 1. The number of nitrogens with one attached hydrogen (secondary N) is 2. The Hall–Kier alpha value is -2.85. The van der Waals surface area contributed by atoms with Crippen LogP contribution < -0.4 is 14.9 Å². The Labute approximate surface area is 184 Å². The van der Waals surface area contributed by atoms with Crippen LogP contribution in [-0.4, -0.2) is 25.6 Å². The van der Waals surface area contributed by atoms with E-state index in [1.165, 1.54) is 23.9 Å². The molecule has 0 bridgehead atoms. The molecule has 1 amide bonds. The van der Waals surface area contributed by atoms with Gasteiger partial charge in [-0.25, -0.2) is 13.9 Å². The highest BCUT2D eigenvalue weighted by Gasteiger charge is 2.27. The van der Waals surface area contributed by atoms with Crippen molar-refractivity contribution in [3.63, 3.8) is 0 Å². The number of para-hydroxylation sites is 1. The maximum absolute atomic E-state index is 13.0. The average molecular weight is 457 g/mol. The molecule has 9 heteroatoms. The first-order valence-electron chi connectivity index (χ1n) is 9.55. The summed E-state index contributed by atoms with van der Waals surface area (Å²) in [5.74, 6) is 0.467. The molecule has 0 saturated heterocycles. The molecular weight excluding hydrogens is 436 g/mol. The Balaban J connectivity index is 1.53. The summed E-state index contributed by atoms with van der Waals surface area (Å²) in [6, 6.07) is 20.3. The zero-order chi connectivity index (χ0) is 21.8. The van der Waals surface area contributed by atoms with Gasteiger partial charge in [-0.3, -0.25) is 10.0 Å². The SMILES string of the molecule is O=C(NO)[C@H](CCc1ccccc1)NS(=O)(=O)c1ccc2c(c1)Sc1ccccc1O2. The molecule has 1 atom stereocenters. The van der Waals surface area contributed by atoms with Crippen molar-refractivity contribution in [3.8, 4) is 11.5 Å². The number of hydroxylamine groups is 1. The lowest BCUT2D eigenvalue weighted by molar-refractivity contribution is -0.131. The number of carbonyl (C=O) groups is 1. The molecule has 160 valence electrons. The molecule has 7 nitrogen and oxygen atoms in total. The number of rotatable bonds is 7. The Morgan fingerprint density at radius 1 is 0.968 bits per heavy atom. The van der Waals surface area contributed by atoms with E-state index in [0.29, 0.717) is 22.8 Å². The molecule has 0 radical (unpaired) electrons. The van der Waals surface area contributed by atoms with Crippen molar-refractivity contribution < 1.29 is 23.2 Å². The van der Waals surface area contributed by atoms with Gasteiger partial charge in [0.2, 0.25) is 10.0 Å². The number of hydrogen-bond donors (Lipinski definition) is 3. The smallest absolute Gasteiger partial charge is 0.261 e. The van der Waals surface area contributed by atoms with E-state index in [4.69, 9.17) is 9.94 Å². The van der Waals surface area contributed by atoms with Crippen LogP contribution in [0.5, 0.6) is 11.5 Å². The summed E-state index contributed by atoms with van der Waals surface area (Å²) >= 11 is 1.41. The monoisotopic (exact) mass is 456 g/mol. The van der Waals surface area contributed by atoms with Gasteiger partial charge in [-0.05, 0) is 48.7 Å². The fraction of sp³-hybridized carbons (Fsp3) is 0.136. The molecule has 4 rings (SSSR count). The summed E-state index contributed by atoms with van der Waals surface area (Å²) in [5.41, 5.74) is 2.50. The predicted molar refractivity (Wildman–Crippen MR) is 116 cm³/mol. The van der Waals surface area contributed by atoms with Crippen LogP contribution in [0.1, 0.15) is 12.0 Å². The molecule has 0 spiro atoms. The Morgan fingerprint density at radius 2 is 1.68 bits per heavy atom. The highest BCUT2D eigenvalue weighted by atomic mass is 32.2. The van der Waals surface area contributed by atoms with Crippen molar-refractivity contribution >= 4 is 27.7 Å². The first-order chi connectivity index (χ1) is 15.0. The zero-order valence-electron chi connectivity index (χ0n) is 16.3. The Kier molecular flexibility index (Phi) is 6.28. The third kappa shape index (κ3) is 4.91. The van der Waals surface area contributed by atoms with E-state index < -0.39 is 22.0 Å². The van der Waals surface area contributed by atoms with Gasteiger partial charge in [0.1, 0.15) is 17.5 Å². The molecule has 3 N–H and O–H groups in total. The molecule has 0 unspecified atom stereocenters. The first-order valence-corrected chi connectivity index (χ1v) is 11.9. The molecular formula is C22H20N2O5S2. The fourth-order valence-corrected chi connectivity index (χ4v) is 5.53. The van der Waals surface area contributed by atoms with Gasteiger partial charge in [-0.2, -0.15) is 4.72 Å². The van der Waals surface area contributed by atoms with Gasteiger partial charge in [-0.15, -0.1) is 0 Å². The summed E-state index contributed by atoms with van der Waals surface area (Å²) in [5, 5.41) is 9.07. The topological polar surface area (TPSA) is 105 Å². The Morgan fingerprint density at radius 3 is 2.45 bits per heavy atom. The lowest BCUT2D eigenvalue weighted by Crippen LogP contribution is -2.46. The van der Waals surface area contributed by atoms with Crippen LogP contribution in [-0.2, 0) is 21.2 Å². The van der Waals surface area contributed by atoms with Crippen LogP contribution in [0.4, 0.5) is 0 Å². The number of hydrogen-bond acceptors (Lipinski definition) is 6. The molecule has 3 aromatic carbocycles. The van der Waals surface area contributed by atoms with Crippen molar-refractivity contribution in [2.75, 3.05) is 0 Å². The number of amides is 1. The molecule has 1 heterocycles. The van der Waals surface area contributed by atoms with Crippen LogP contribution >= 0.6 is 11.8 Å². The van der Waals surface area contributed by atoms with Gasteiger partial charge in [0, 0.05) is 0 Å². The van der Waals surface area contributed by atoms with Crippen LogP contribution in [0.3, 0.4) is 0 Å². The predicted octanol–water partition coefficient (Wildman–Crippen LogP) is 3.73. The van der Waals surface area contributed by atoms with Gasteiger partial charge >= 0.3 is 0 Å². The number of sulfonamides is 1. The number of fused-ring (bicyclic) bond motifs is 2. The zero-order valence-corrected chi connectivity index (χ0v) is 17.9.